The van der Waals surface area contributed by atoms with Gasteiger partial charge in [0.1, 0.15) is 11.4 Å². The Labute approximate surface area is 138 Å². The molecule has 2 aromatic rings. The van der Waals surface area contributed by atoms with E-state index in [1.54, 1.807) is 23.1 Å². The molecule has 2 N–H and O–H groups in total. The van der Waals surface area contributed by atoms with Crippen LogP contribution in [0.3, 0.4) is 0 Å². The number of ether oxygens (including phenoxy) is 1. The van der Waals surface area contributed by atoms with Crippen LogP contribution in [0.15, 0.2) is 41.2 Å². The number of benzene rings is 1. The zero-order valence-electron chi connectivity index (χ0n) is 13.1. The van der Waals surface area contributed by atoms with E-state index in [1.807, 2.05) is 6.07 Å². The van der Waals surface area contributed by atoms with Crippen LogP contribution in [0.25, 0.3) is 0 Å². The summed E-state index contributed by atoms with van der Waals surface area (Å²) in [4.78, 5) is 25.5. The van der Waals surface area contributed by atoms with Crippen LogP contribution in [-0.2, 0) is 11.3 Å². The lowest BCUT2D eigenvalue weighted by Gasteiger charge is -2.25. The maximum atomic E-state index is 12.8. The number of aromatic hydroxyl groups is 1. The number of nitrogens with one attached hydrogen (secondary N) is 1. The van der Waals surface area contributed by atoms with Gasteiger partial charge in [0.2, 0.25) is 0 Å². The van der Waals surface area contributed by atoms with Crippen LogP contribution in [0.2, 0.25) is 0 Å². The Morgan fingerprint density at radius 1 is 1.33 bits per heavy atom. The molecule has 1 aliphatic rings. The Morgan fingerprint density at radius 3 is 2.83 bits per heavy atom. The molecule has 1 unspecified atom stereocenters. The van der Waals surface area contributed by atoms with Crippen molar-refractivity contribution in [2.24, 2.45) is 0 Å². The van der Waals surface area contributed by atoms with Crippen molar-refractivity contribution < 1.29 is 14.6 Å². The molecule has 1 fully saturated rings. The van der Waals surface area contributed by atoms with Gasteiger partial charge < -0.3 is 14.7 Å². The van der Waals surface area contributed by atoms with Gasteiger partial charge in [-0.15, -0.1) is 0 Å². The Bertz CT molecular complexity index is 748. The fourth-order valence-corrected chi connectivity index (χ4v) is 2.73. The van der Waals surface area contributed by atoms with E-state index < -0.39 is 0 Å². The molecule has 24 heavy (non-hydrogen) atoms. The number of aromatic amines is 1. The van der Waals surface area contributed by atoms with Gasteiger partial charge in [-0.1, -0.05) is 18.2 Å². The minimum absolute atomic E-state index is 0.0254. The first-order valence-corrected chi connectivity index (χ1v) is 7.87. The van der Waals surface area contributed by atoms with Crippen LogP contribution in [0, 0.1) is 0 Å². The number of para-hydroxylation sites is 1. The van der Waals surface area contributed by atoms with Crippen molar-refractivity contribution in [3.63, 3.8) is 0 Å². The summed E-state index contributed by atoms with van der Waals surface area (Å²) in [5.74, 6) is -0.179. The third kappa shape index (κ3) is 3.80. The Hall–Kier alpha value is -2.67. The van der Waals surface area contributed by atoms with Crippen molar-refractivity contribution in [2.75, 3.05) is 13.2 Å². The lowest BCUT2D eigenvalue weighted by molar-refractivity contribution is 0.0500. The van der Waals surface area contributed by atoms with Crippen molar-refractivity contribution in [3.8, 4) is 5.75 Å². The number of H-pyrrole nitrogens is 1. The summed E-state index contributed by atoms with van der Waals surface area (Å²) in [7, 11) is 0. The van der Waals surface area contributed by atoms with Crippen LogP contribution in [0.1, 0.15) is 28.9 Å². The molecular formula is C17H19N3O4. The predicted octanol–water partition coefficient (Wildman–Crippen LogP) is 1.30. The van der Waals surface area contributed by atoms with Crippen molar-refractivity contribution in [2.45, 2.75) is 25.5 Å². The zero-order chi connectivity index (χ0) is 16.9. The highest BCUT2D eigenvalue weighted by molar-refractivity contribution is 5.92. The number of carbonyl (C=O) groups is 1. The van der Waals surface area contributed by atoms with E-state index in [2.05, 4.69) is 10.2 Å². The molecule has 1 saturated heterocycles. The molecule has 126 valence electrons. The summed E-state index contributed by atoms with van der Waals surface area (Å²) in [6, 6.07) is 9.56. The van der Waals surface area contributed by atoms with E-state index in [9.17, 15) is 14.7 Å². The van der Waals surface area contributed by atoms with E-state index >= 15 is 0 Å². The molecule has 3 rings (SSSR count). The molecule has 7 nitrogen and oxygen atoms in total. The fourth-order valence-electron chi connectivity index (χ4n) is 2.73. The van der Waals surface area contributed by atoms with Crippen molar-refractivity contribution in [3.05, 3.63) is 58.0 Å². The van der Waals surface area contributed by atoms with E-state index in [4.69, 9.17) is 4.74 Å². The molecule has 2 heterocycles. The van der Waals surface area contributed by atoms with E-state index in [1.165, 1.54) is 12.1 Å². The van der Waals surface area contributed by atoms with Crippen LogP contribution in [0.5, 0.6) is 5.75 Å². The Kier molecular flexibility index (Phi) is 4.90. The van der Waals surface area contributed by atoms with Crippen molar-refractivity contribution in [1.82, 2.24) is 15.1 Å². The molecule has 0 radical (unpaired) electrons. The lowest BCUT2D eigenvalue weighted by Crippen LogP contribution is -2.37. The van der Waals surface area contributed by atoms with Gasteiger partial charge >= 0.3 is 0 Å². The minimum atomic E-state index is -0.363. The number of aromatic nitrogens is 2. The van der Waals surface area contributed by atoms with E-state index in [0.717, 1.165) is 12.8 Å². The highest BCUT2D eigenvalue weighted by Crippen LogP contribution is 2.21. The Balaban J connectivity index is 1.83. The number of amides is 1. The second kappa shape index (κ2) is 7.27. The predicted molar refractivity (Wildman–Crippen MR) is 86.7 cm³/mol. The normalized spacial score (nSPS) is 16.9. The van der Waals surface area contributed by atoms with Gasteiger partial charge in [0, 0.05) is 31.3 Å². The number of nitrogens with zero attached hydrogens (tertiary/aromatic N) is 2. The standard InChI is InChI=1S/C17H19N3O4/c21-15-6-2-1-4-12(15)10-20(11-13-5-3-9-24-13)17(23)14-7-8-16(22)19-18-14/h1-2,4,6-8,13,21H,3,5,9-11H2,(H,19,22). The summed E-state index contributed by atoms with van der Waals surface area (Å²) in [6.45, 7) is 1.35. The lowest BCUT2D eigenvalue weighted by atomic mass is 10.1. The average molecular weight is 329 g/mol. The first-order chi connectivity index (χ1) is 11.6. The summed E-state index contributed by atoms with van der Waals surface area (Å²) in [5.41, 5.74) is 0.439. The molecule has 1 aliphatic heterocycles. The molecule has 0 aliphatic carbocycles. The number of rotatable bonds is 5. The second-order valence-corrected chi connectivity index (χ2v) is 5.76. The van der Waals surface area contributed by atoms with Crippen molar-refractivity contribution in [1.29, 1.82) is 0 Å². The van der Waals surface area contributed by atoms with E-state index in [-0.39, 0.29) is 35.6 Å². The maximum Gasteiger partial charge on any atom is 0.274 e. The Morgan fingerprint density at radius 2 is 2.17 bits per heavy atom. The number of phenolic OH excluding ortho intramolecular Hbond substituents is 1. The first kappa shape index (κ1) is 16.2. The van der Waals surface area contributed by atoms with Gasteiger partial charge in [-0.2, -0.15) is 5.10 Å². The highest BCUT2D eigenvalue weighted by atomic mass is 16.5. The van der Waals surface area contributed by atoms with Gasteiger partial charge in [-0.3, -0.25) is 9.59 Å². The first-order valence-electron chi connectivity index (χ1n) is 7.87. The molecule has 7 heteroatoms. The quantitative estimate of drug-likeness (QED) is 0.862. The van der Waals surface area contributed by atoms with Gasteiger partial charge in [0.25, 0.3) is 11.5 Å². The summed E-state index contributed by atoms with van der Waals surface area (Å²) < 4.78 is 5.62. The zero-order valence-corrected chi connectivity index (χ0v) is 13.1. The summed E-state index contributed by atoms with van der Waals surface area (Å²) in [5, 5.41) is 16.1. The van der Waals surface area contributed by atoms with Gasteiger partial charge in [-0.25, -0.2) is 5.10 Å². The molecule has 1 atom stereocenters. The van der Waals surface area contributed by atoms with Gasteiger partial charge in [0.15, 0.2) is 0 Å². The highest BCUT2D eigenvalue weighted by Gasteiger charge is 2.25. The average Bonchev–Trinajstić information content (AvgIpc) is 3.09. The smallest absolute Gasteiger partial charge is 0.274 e. The van der Waals surface area contributed by atoms with Gasteiger partial charge in [-0.05, 0) is 25.0 Å². The minimum Gasteiger partial charge on any atom is -0.508 e. The largest absolute Gasteiger partial charge is 0.508 e. The van der Waals surface area contributed by atoms with Crippen LogP contribution in [-0.4, -0.2) is 45.4 Å². The van der Waals surface area contributed by atoms with E-state index in [0.29, 0.717) is 18.7 Å². The topological polar surface area (TPSA) is 95.5 Å². The van der Waals surface area contributed by atoms with Gasteiger partial charge in [0.05, 0.1) is 6.10 Å². The molecule has 0 bridgehead atoms. The number of hydrogen-bond acceptors (Lipinski definition) is 5. The number of hydrogen-bond donors (Lipinski definition) is 2. The molecule has 1 aromatic carbocycles. The second-order valence-electron chi connectivity index (χ2n) is 5.76. The van der Waals surface area contributed by atoms with Crippen molar-refractivity contribution >= 4 is 5.91 Å². The molecule has 0 spiro atoms. The monoisotopic (exact) mass is 329 g/mol. The van der Waals surface area contributed by atoms with Crippen LogP contribution < -0.4 is 5.56 Å². The molecule has 1 amide bonds. The molecule has 0 saturated carbocycles. The maximum absolute atomic E-state index is 12.8. The van der Waals surface area contributed by atoms with Crippen LogP contribution >= 0.6 is 0 Å². The summed E-state index contributed by atoms with van der Waals surface area (Å²) in [6.07, 6.45) is 1.84. The fraction of sp³-hybridized carbons (Fsp3) is 0.353. The third-order valence-corrected chi connectivity index (χ3v) is 3.99. The third-order valence-electron chi connectivity index (χ3n) is 3.99. The number of phenols is 1. The number of carbonyl (C=O) groups excluding carboxylic acids is 1. The SMILES string of the molecule is O=C(c1ccc(=O)[nH]n1)N(Cc1ccccc1O)CC1CCCO1. The summed E-state index contributed by atoms with van der Waals surface area (Å²) >= 11 is 0. The molecule has 1 aromatic heterocycles. The molecular weight excluding hydrogens is 310 g/mol. The van der Waals surface area contributed by atoms with Crippen LogP contribution in [0.4, 0.5) is 0 Å².